The third-order valence-corrected chi connectivity index (χ3v) is 3.71. The highest BCUT2D eigenvalue weighted by Crippen LogP contribution is 2.19. The number of ether oxygens (including phenoxy) is 1. The molecule has 0 atom stereocenters. The average molecular weight is 273 g/mol. The van der Waals surface area contributed by atoms with Crippen LogP contribution in [-0.4, -0.2) is 13.2 Å². The van der Waals surface area contributed by atoms with Gasteiger partial charge in [0.2, 0.25) is 0 Å². The quantitative estimate of drug-likeness (QED) is 0.558. The van der Waals surface area contributed by atoms with Gasteiger partial charge >= 0.3 is 0 Å². The Morgan fingerprint density at radius 1 is 1.25 bits per heavy atom. The Bertz CT molecular complexity index is 425. The number of rotatable bonds is 8. The highest BCUT2D eigenvalue weighted by molar-refractivity contribution is 5.28. The number of nitrogens with one attached hydrogen (secondary N) is 1. The zero-order valence-corrected chi connectivity index (χ0v) is 12.7. The fourth-order valence-corrected chi connectivity index (χ4v) is 2.58. The molecule has 0 amide bonds. The van der Waals surface area contributed by atoms with E-state index in [1.165, 1.54) is 37.7 Å². The van der Waals surface area contributed by atoms with Gasteiger partial charge in [-0.05, 0) is 62.8 Å². The summed E-state index contributed by atoms with van der Waals surface area (Å²) < 4.78 is 5.66. The molecule has 0 saturated heterocycles. The van der Waals surface area contributed by atoms with Crippen molar-refractivity contribution in [3.63, 3.8) is 0 Å². The minimum atomic E-state index is 0.797. The fourth-order valence-electron chi connectivity index (χ4n) is 2.58. The van der Waals surface area contributed by atoms with Crippen LogP contribution >= 0.6 is 0 Å². The van der Waals surface area contributed by atoms with Crippen molar-refractivity contribution in [3.05, 3.63) is 41.5 Å². The second-order valence-corrected chi connectivity index (χ2v) is 5.53. The topological polar surface area (TPSA) is 21.3 Å². The molecule has 2 rings (SSSR count). The van der Waals surface area contributed by atoms with Gasteiger partial charge in [-0.1, -0.05) is 30.7 Å². The van der Waals surface area contributed by atoms with Crippen molar-refractivity contribution in [1.29, 1.82) is 0 Å². The Hall–Kier alpha value is -1.28. The van der Waals surface area contributed by atoms with E-state index < -0.39 is 0 Å². The van der Waals surface area contributed by atoms with Crippen LogP contribution in [0, 0.1) is 0 Å². The van der Waals surface area contributed by atoms with Gasteiger partial charge in [-0.15, -0.1) is 0 Å². The van der Waals surface area contributed by atoms with Gasteiger partial charge < -0.3 is 10.1 Å². The summed E-state index contributed by atoms with van der Waals surface area (Å²) in [6, 6.07) is 8.41. The molecule has 0 unspecified atom stereocenters. The lowest BCUT2D eigenvalue weighted by atomic mass is 9.97. The van der Waals surface area contributed by atoms with Gasteiger partial charge in [-0.3, -0.25) is 0 Å². The largest absolute Gasteiger partial charge is 0.494 e. The monoisotopic (exact) mass is 273 g/mol. The van der Waals surface area contributed by atoms with E-state index in [1.807, 2.05) is 6.07 Å². The summed E-state index contributed by atoms with van der Waals surface area (Å²) in [7, 11) is 0. The lowest BCUT2D eigenvalue weighted by Crippen LogP contribution is -2.15. The molecule has 0 aromatic heterocycles. The Balaban J connectivity index is 1.69. The van der Waals surface area contributed by atoms with Crippen molar-refractivity contribution in [2.24, 2.45) is 0 Å². The SMILES string of the molecule is CCCOc1cccc(CNCCC2=CCCCC2)c1. The molecule has 0 fully saturated rings. The number of hydrogen-bond donors (Lipinski definition) is 1. The lowest BCUT2D eigenvalue weighted by Gasteiger charge is -2.13. The van der Waals surface area contributed by atoms with Crippen LogP contribution in [0.4, 0.5) is 0 Å². The third kappa shape index (κ3) is 5.38. The van der Waals surface area contributed by atoms with Crippen molar-refractivity contribution in [2.75, 3.05) is 13.2 Å². The predicted molar refractivity (Wildman–Crippen MR) is 85.1 cm³/mol. The normalized spacial score (nSPS) is 14.9. The molecule has 0 aliphatic heterocycles. The molecule has 1 aliphatic carbocycles. The molecule has 0 spiro atoms. The molecule has 110 valence electrons. The van der Waals surface area contributed by atoms with Gasteiger partial charge in [-0.25, -0.2) is 0 Å². The first kappa shape index (κ1) is 15.1. The van der Waals surface area contributed by atoms with E-state index >= 15 is 0 Å². The number of benzene rings is 1. The molecular weight excluding hydrogens is 246 g/mol. The molecule has 0 heterocycles. The second-order valence-electron chi connectivity index (χ2n) is 5.53. The van der Waals surface area contributed by atoms with E-state index in [4.69, 9.17) is 4.74 Å². The Labute approximate surface area is 123 Å². The second kappa shape index (κ2) is 8.80. The maximum Gasteiger partial charge on any atom is 0.119 e. The molecule has 0 radical (unpaired) electrons. The van der Waals surface area contributed by atoms with Gasteiger partial charge in [0, 0.05) is 6.54 Å². The summed E-state index contributed by atoms with van der Waals surface area (Å²) in [5.41, 5.74) is 2.94. The predicted octanol–water partition coefficient (Wildman–Crippen LogP) is 4.46. The minimum Gasteiger partial charge on any atom is -0.494 e. The van der Waals surface area contributed by atoms with E-state index in [9.17, 15) is 0 Å². The van der Waals surface area contributed by atoms with Gasteiger partial charge in [0.15, 0.2) is 0 Å². The first-order valence-corrected chi connectivity index (χ1v) is 7.99. The molecule has 1 aromatic rings. The highest BCUT2D eigenvalue weighted by atomic mass is 16.5. The van der Waals surface area contributed by atoms with Crippen molar-refractivity contribution < 1.29 is 4.74 Å². The highest BCUT2D eigenvalue weighted by Gasteiger charge is 2.03. The fraction of sp³-hybridized carbons (Fsp3) is 0.556. The number of hydrogen-bond acceptors (Lipinski definition) is 2. The molecule has 2 heteroatoms. The lowest BCUT2D eigenvalue weighted by molar-refractivity contribution is 0.317. The molecule has 0 saturated carbocycles. The number of allylic oxidation sites excluding steroid dienone is 1. The summed E-state index contributed by atoms with van der Waals surface area (Å²) in [6.07, 6.45) is 10.0. The van der Waals surface area contributed by atoms with Crippen LogP contribution < -0.4 is 10.1 Å². The Morgan fingerprint density at radius 2 is 2.20 bits per heavy atom. The molecule has 1 aromatic carbocycles. The van der Waals surface area contributed by atoms with Crippen LogP contribution in [0.3, 0.4) is 0 Å². The van der Waals surface area contributed by atoms with Crippen LogP contribution in [0.5, 0.6) is 5.75 Å². The maximum absolute atomic E-state index is 5.66. The molecular formula is C18H27NO. The maximum atomic E-state index is 5.66. The van der Waals surface area contributed by atoms with E-state index in [0.29, 0.717) is 0 Å². The summed E-state index contributed by atoms with van der Waals surface area (Å²) >= 11 is 0. The summed E-state index contributed by atoms with van der Waals surface area (Å²) in [5.74, 6) is 0.987. The first-order valence-electron chi connectivity index (χ1n) is 7.99. The van der Waals surface area contributed by atoms with Gasteiger partial charge in [0.25, 0.3) is 0 Å². The zero-order valence-electron chi connectivity index (χ0n) is 12.7. The van der Waals surface area contributed by atoms with E-state index in [1.54, 1.807) is 5.57 Å². The molecule has 20 heavy (non-hydrogen) atoms. The molecule has 1 N–H and O–H groups in total. The smallest absolute Gasteiger partial charge is 0.119 e. The summed E-state index contributed by atoms with van der Waals surface area (Å²) in [6.45, 7) is 4.93. The van der Waals surface area contributed by atoms with Crippen LogP contribution in [-0.2, 0) is 6.54 Å². The third-order valence-electron chi connectivity index (χ3n) is 3.71. The molecule has 1 aliphatic rings. The van der Waals surface area contributed by atoms with E-state index in [2.05, 4.69) is 36.5 Å². The molecule has 0 bridgehead atoms. The van der Waals surface area contributed by atoms with Gasteiger partial charge in [0.05, 0.1) is 6.61 Å². The van der Waals surface area contributed by atoms with Crippen LogP contribution in [0.1, 0.15) is 51.0 Å². The van der Waals surface area contributed by atoms with Crippen LogP contribution in [0.2, 0.25) is 0 Å². The summed E-state index contributed by atoms with van der Waals surface area (Å²) in [5, 5.41) is 3.54. The zero-order chi connectivity index (χ0) is 14.0. The van der Waals surface area contributed by atoms with E-state index in [-0.39, 0.29) is 0 Å². The van der Waals surface area contributed by atoms with E-state index in [0.717, 1.165) is 31.9 Å². The Kier molecular flexibility index (Phi) is 6.65. The Morgan fingerprint density at radius 3 is 3.00 bits per heavy atom. The standard InChI is InChI=1S/C18H27NO/c1-2-13-20-18-10-6-9-17(14-18)15-19-12-11-16-7-4-3-5-8-16/h6-7,9-10,14,19H,2-5,8,11-13,15H2,1H3. The van der Waals surface area contributed by atoms with Crippen LogP contribution in [0.25, 0.3) is 0 Å². The van der Waals surface area contributed by atoms with Gasteiger partial charge in [-0.2, -0.15) is 0 Å². The van der Waals surface area contributed by atoms with Crippen molar-refractivity contribution in [3.8, 4) is 5.75 Å². The van der Waals surface area contributed by atoms with Crippen molar-refractivity contribution >= 4 is 0 Å². The average Bonchev–Trinajstić information content (AvgIpc) is 2.51. The van der Waals surface area contributed by atoms with Crippen LogP contribution in [0.15, 0.2) is 35.9 Å². The minimum absolute atomic E-state index is 0.797. The first-order chi connectivity index (χ1) is 9.88. The summed E-state index contributed by atoms with van der Waals surface area (Å²) in [4.78, 5) is 0. The van der Waals surface area contributed by atoms with Gasteiger partial charge in [0.1, 0.15) is 5.75 Å². The van der Waals surface area contributed by atoms with Crippen molar-refractivity contribution in [2.45, 2.75) is 52.0 Å². The van der Waals surface area contributed by atoms with Crippen molar-refractivity contribution in [1.82, 2.24) is 5.32 Å². The molecule has 2 nitrogen and oxygen atoms in total.